The number of anilines is 1. The maximum atomic E-state index is 13.4. The van der Waals surface area contributed by atoms with Crippen LogP contribution in [0.1, 0.15) is 6.42 Å². The summed E-state index contributed by atoms with van der Waals surface area (Å²) in [6.45, 7) is 0. The lowest BCUT2D eigenvalue weighted by Crippen LogP contribution is -2.41. The van der Waals surface area contributed by atoms with Gasteiger partial charge in [0.05, 0.1) is 35.2 Å². The molecule has 0 bridgehead atoms. The van der Waals surface area contributed by atoms with Crippen molar-refractivity contribution in [3.63, 3.8) is 0 Å². The van der Waals surface area contributed by atoms with Gasteiger partial charge in [-0.25, -0.2) is 16.8 Å². The van der Waals surface area contributed by atoms with Gasteiger partial charge in [-0.3, -0.25) is 4.31 Å². The molecule has 164 valence electrons. The second-order valence-electron chi connectivity index (χ2n) is 6.58. The molecule has 2 aromatic rings. The summed E-state index contributed by atoms with van der Waals surface area (Å²) in [6, 6.07) is 8.96. The first-order valence-electron chi connectivity index (χ1n) is 8.66. The number of ether oxygens (including phenoxy) is 2. The monoisotopic (exact) mass is 465 g/mol. The standard InChI is InChI=1S/C18H18F3NO6S2/c1-27-15-7-5-13(6-8-15)22(14-9-10-29(23,24)12-14)30(25,26)17-4-2-3-16(11-17)28-18(19,20)21/h2-8,11,14H,9-10,12H2,1H3/t14-/m0/s1. The number of halogens is 3. The van der Waals surface area contributed by atoms with Gasteiger partial charge in [0.25, 0.3) is 10.0 Å². The lowest BCUT2D eigenvalue weighted by atomic mass is 10.2. The minimum Gasteiger partial charge on any atom is -0.497 e. The molecule has 0 aliphatic carbocycles. The molecule has 2 aromatic carbocycles. The molecule has 1 saturated heterocycles. The normalized spacial score (nSPS) is 18.7. The van der Waals surface area contributed by atoms with Gasteiger partial charge in [-0.15, -0.1) is 13.2 Å². The Morgan fingerprint density at radius 1 is 1.07 bits per heavy atom. The highest BCUT2D eigenvalue weighted by atomic mass is 32.2. The second-order valence-corrected chi connectivity index (χ2v) is 10.6. The molecular formula is C18H18F3NO6S2. The molecule has 0 unspecified atom stereocenters. The van der Waals surface area contributed by atoms with Crippen molar-refractivity contribution in [3.05, 3.63) is 48.5 Å². The third kappa shape index (κ3) is 4.98. The number of alkyl halides is 3. The van der Waals surface area contributed by atoms with Crippen LogP contribution in [0.3, 0.4) is 0 Å². The minimum absolute atomic E-state index is 0.0618. The van der Waals surface area contributed by atoms with Gasteiger partial charge in [0, 0.05) is 6.07 Å². The van der Waals surface area contributed by atoms with Gasteiger partial charge in [0.15, 0.2) is 9.84 Å². The van der Waals surface area contributed by atoms with Crippen molar-refractivity contribution >= 4 is 25.5 Å². The van der Waals surface area contributed by atoms with E-state index in [1.165, 1.54) is 31.4 Å². The van der Waals surface area contributed by atoms with Gasteiger partial charge in [-0.05, 0) is 42.8 Å². The lowest BCUT2D eigenvalue weighted by molar-refractivity contribution is -0.274. The Labute approximate surface area is 172 Å². The Balaban J connectivity index is 2.07. The Morgan fingerprint density at radius 2 is 1.73 bits per heavy atom. The van der Waals surface area contributed by atoms with Crippen LogP contribution in [0.5, 0.6) is 11.5 Å². The van der Waals surface area contributed by atoms with E-state index in [1.807, 2.05) is 0 Å². The topological polar surface area (TPSA) is 90.0 Å². The summed E-state index contributed by atoms with van der Waals surface area (Å²) in [5, 5.41) is 0. The predicted octanol–water partition coefficient (Wildman–Crippen LogP) is 2.98. The molecule has 1 aliphatic heterocycles. The Morgan fingerprint density at radius 3 is 2.27 bits per heavy atom. The summed E-state index contributed by atoms with van der Waals surface area (Å²) in [6.07, 6.45) is -4.93. The van der Waals surface area contributed by atoms with Gasteiger partial charge >= 0.3 is 6.36 Å². The van der Waals surface area contributed by atoms with Crippen LogP contribution < -0.4 is 13.8 Å². The highest BCUT2D eigenvalue weighted by Crippen LogP contribution is 2.33. The van der Waals surface area contributed by atoms with Crippen molar-refractivity contribution in [3.8, 4) is 11.5 Å². The Kier molecular flexibility index (Phi) is 5.92. The largest absolute Gasteiger partial charge is 0.573 e. The van der Waals surface area contributed by atoms with Gasteiger partial charge in [0.1, 0.15) is 11.5 Å². The Bertz CT molecular complexity index is 1120. The highest BCUT2D eigenvalue weighted by Gasteiger charge is 2.39. The van der Waals surface area contributed by atoms with Crippen LogP contribution in [0, 0.1) is 0 Å². The molecule has 30 heavy (non-hydrogen) atoms. The predicted molar refractivity (Wildman–Crippen MR) is 103 cm³/mol. The van der Waals surface area contributed by atoms with E-state index in [4.69, 9.17) is 4.74 Å². The number of rotatable bonds is 6. The van der Waals surface area contributed by atoms with E-state index < -0.39 is 48.7 Å². The third-order valence-corrected chi connectivity index (χ3v) is 8.09. The molecule has 0 spiro atoms. The van der Waals surface area contributed by atoms with E-state index in [9.17, 15) is 30.0 Å². The van der Waals surface area contributed by atoms with Crippen LogP contribution in [0.25, 0.3) is 0 Å². The van der Waals surface area contributed by atoms with Gasteiger partial charge < -0.3 is 9.47 Å². The summed E-state index contributed by atoms with van der Waals surface area (Å²) in [5.74, 6) is -0.818. The first kappa shape index (κ1) is 22.2. The lowest BCUT2D eigenvalue weighted by Gasteiger charge is -2.30. The molecule has 0 radical (unpaired) electrons. The fourth-order valence-electron chi connectivity index (χ4n) is 3.18. The smallest absolute Gasteiger partial charge is 0.497 e. The van der Waals surface area contributed by atoms with Crippen LogP contribution in [0.15, 0.2) is 53.4 Å². The molecule has 1 atom stereocenters. The van der Waals surface area contributed by atoms with E-state index in [2.05, 4.69) is 4.74 Å². The van der Waals surface area contributed by atoms with E-state index in [-0.39, 0.29) is 17.9 Å². The fraction of sp³-hybridized carbons (Fsp3) is 0.333. The molecule has 0 amide bonds. The van der Waals surface area contributed by atoms with E-state index >= 15 is 0 Å². The number of hydrogen-bond donors (Lipinski definition) is 0. The SMILES string of the molecule is COc1ccc(N([C@H]2CCS(=O)(=O)C2)S(=O)(=O)c2cccc(OC(F)(F)F)c2)cc1. The average molecular weight is 465 g/mol. The molecule has 0 N–H and O–H groups in total. The number of benzene rings is 2. The summed E-state index contributed by atoms with van der Waals surface area (Å²) >= 11 is 0. The van der Waals surface area contributed by atoms with E-state index in [0.29, 0.717) is 5.75 Å². The maximum Gasteiger partial charge on any atom is 0.573 e. The summed E-state index contributed by atoms with van der Waals surface area (Å²) in [4.78, 5) is -0.454. The van der Waals surface area contributed by atoms with Gasteiger partial charge in [0.2, 0.25) is 0 Å². The quantitative estimate of drug-likeness (QED) is 0.652. The van der Waals surface area contributed by atoms with Gasteiger partial charge in [-0.2, -0.15) is 0 Å². The molecule has 12 heteroatoms. The number of nitrogens with zero attached hydrogens (tertiary/aromatic N) is 1. The van der Waals surface area contributed by atoms with Crippen LogP contribution in [-0.2, 0) is 19.9 Å². The number of methoxy groups -OCH3 is 1. The minimum atomic E-state index is -4.99. The highest BCUT2D eigenvalue weighted by molar-refractivity contribution is 7.93. The molecule has 7 nitrogen and oxygen atoms in total. The summed E-state index contributed by atoms with van der Waals surface area (Å²) in [5.41, 5.74) is 0.167. The zero-order chi connectivity index (χ0) is 22.2. The molecule has 3 rings (SSSR count). The first-order chi connectivity index (χ1) is 13.9. The zero-order valence-electron chi connectivity index (χ0n) is 15.7. The van der Waals surface area contributed by atoms with Crippen molar-refractivity contribution in [1.29, 1.82) is 0 Å². The summed E-state index contributed by atoms with van der Waals surface area (Å²) in [7, 11) is -6.42. The van der Waals surface area contributed by atoms with Crippen molar-refractivity contribution in [1.82, 2.24) is 0 Å². The van der Waals surface area contributed by atoms with Crippen molar-refractivity contribution in [2.24, 2.45) is 0 Å². The van der Waals surface area contributed by atoms with Crippen molar-refractivity contribution < 1.29 is 39.5 Å². The third-order valence-electron chi connectivity index (χ3n) is 4.46. The molecule has 1 aliphatic rings. The molecule has 0 aromatic heterocycles. The van der Waals surface area contributed by atoms with Crippen LogP contribution in [0.4, 0.5) is 18.9 Å². The van der Waals surface area contributed by atoms with Crippen LogP contribution >= 0.6 is 0 Å². The summed E-state index contributed by atoms with van der Waals surface area (Å²) < 4.78 is 98.1. The average Bonchev–Trinajstić information content (AvgIpc) is 3.00. The van der Waals surface area contributed by atoms with Crippen LogP contribution in [0.2, 0.25) is 0 Å². The Hall–Kier alpha value is -2.47. The molecule has 1 heterocycles. The number of sulfone groups is 1. The maximum absolute atomic E-state index is 13.4. The van der Waals surface area contributed by atoms with Crippen molar-refractivity contribution in [2.75, 3.05) is 22.9 Å². The van der Waals surface area contributed by atoms with Gasteiger partial charge in [-0.1, -0.05) is 6.07 Å². The molecule has 1 fully saturated rings. The van der Waals surface area contributed by atoms with E-state index in [1.54, 1.807) is 0 Å². The van der Waals surface area contributed by atoms with E-state index in [0.717, 1.165) is 28.6 Å². The fourth-order valence-corrected chi connectivity index (χ4v) is 6.69. The van der Waals surface area contributed by atoms with Crippen molar-refractivity contribution in [2.45, 2.75) is 23.7 Å². The molecule has 0 saturated carbocycles. The number of hydrogen-bond acceptors (Lipinski definition) is 6. The first-order valence-corrected chi connectivity index (χ1v) is 11.9. The number of sulfonamides is 1. The second kappa shape index (κ2) is 7.99. The zero-order valence-corrected chi connectivity index (χ0v) is 17.3. The van der Waals surface area contributed by atoms with Crippen LogP contribution in [-0.4, -0.2) is 47.9 Å². The molecular weight excluding hydrogens is 447 g/mol.